The van der Waals surface area contributed by atoms with Gasteiger partial charge >= 0.3 is 0 Å². The van der Waals surface area contributed by atoms with Crippen molar-refractivity contribution in [3.63, 3.8) is 0 Å². The summed E-state index contributed by atoms with van der Waals surface area (Å²) in [6, 6.07) is 3.37. The number of nitrogens with one attached hydrogen (secondary N) is 1. The molecular formula is C14H25N3O2S. The Morgan fingerprint density at radius 2 is 2.05 bits per heavy atom. The highest BCUT2D eigenvalue weighted by Crippen LogP contribution is 2.16. The van der Waals surface area contributed by atoms with E-state index >= 15 is 0 Å². The SMILES string of the molecule is CCCC(C)N(C)S(=O)(=O)c1ccc(CNCC)cn1. The first-order valence-corrected chi connectivity index (χ1v) is 8.51. The van der Waals surface area contributed by atoms with E-state index in [1.54, 1.807) is 25.4 Å². The molecule has 1 rings (SSSR count). The van der Waals surface area contributed by atoms with Crippen LogP contribution in [0.5, 0.6) is 0 Å². The molecular weight excluding hydrogens is 274 g/mol. The summed E-state index contributed by atoms with van der Waals surface area (Å²) in [5, 5.41) is 3.29. The largest absolute Gasteiger partial charge is 0.313 e. The van der Waals surface area contributed by atoms with Gasteiger partial charge in [-0.05, 0) is 31.5 Å². The topological polar surface area (TPSA) is 62.3 Å². The Morgan fingerprint density at radius 1 is 1.35 bits per heavy atom. The van der Waals surface area contributed by atoms with Gasteiger partial charge in [-0.25, -0.2) is 13.4 Å². The quantitative estimate of drug-likeness (QED) is 0.797. The Kier molecular flexibility index (Phi) is 6.58. The zero-order valence-electron chi connectivity index (χ0n) is 12.8. The lowest BCUT2D eigenvalue weighted by atomic mass is 10.2. The molecule has 0 bridgehead atoms. The Labute approximate surface area is 122 Å². The lowest BCUT2D eigenvalue weighted by Gasteiger charge is -2.23. The molecule has 20 heavy (non-hydrogen) atoms. The second-order valence-electron chi connectivity index (χ2n) is 4.94. The lowest BCUT2D eigenvalue weighted by Crippen LogP contribution is -2.35. The van der Waals surface area contributed by atoms with Gasteiger partial charge in [0, 0.05) is 25.8 Å². The van der Waals surface area contributed by atoms with Crippen LogP contribution in [0.25, 0.3) is 0 Å². The van der Waals surface area contributed by atoms with E-state index in [9.17, 15) is 8.42 Å². The van der Waals surface area contributed by atoms with E-state index in [-0.39, 0.29) is 11.1 Å². The third-order valence-corrected chi connectivity index (χ3v) is 5.24. The standard InChI is InChI=1S/C14H25N3O2S/c1-5-7-12(3)17(4)20(18,19)14-9-8-13(11-16-14)10-15-6-2/h8-9,11-12,15H,5-7,10H2,1-4H3. The molecule has 1 heterocycles. The summed E-state index contributed by atoms with van der Waals surface area (Å²) in [5.41, 5.74) is 0.982. The molecule has 5 nitrogen and oxygen atoms in total. The molecule has 6 heteroatoms. The molecule has 1 aromatic rings. The lowest BCUT2D eigenvalue weighted by molar-refractivity contribution is 0.367. The van der Waals surface area contributed by atoms with Crippen molar-refractivity contribution in [3.05, 3.63) is 23.9 Å². The molecule has 0 saturated heterocycles. The van der Waals surface area contributed by atoms with E-state index < -0.39 is 10.0 Å². The third kappa shape index (κ3) is 4.26. The van der Waals surface area contributed by atoms with Crippen LogP contribution in [0.4, 0.5) is 0 Å². The summed E-state index contributed by atoms with van der Waals surface area (Å²) < 4.78 is 26.2. The van der Waals surface area contributed by atoms with Crippen molar-refractivity contribution in [2.75, 3.05) is 13.6 Å². The maximum atomic E-state index is 12.4. The number of nitrogens with zero attached hydrogens (tertiary/aromatic N) is 2. The summed E-state index contributed by atoms with van der Waals surface area (Å²) in [6.07, 6.45) is 3.41. The molecule has 0 fully saturated rings. The van der Waals surface area contributed by atoms with E-state index in [0.29, 0.717) is 6.54 Å². The molecule has 1 unspecified atom stereocenters. The zero-order valence-corrected chi connectivity index (χ0v) is 13.6. The average Bonchev–Trinajstić information content (AvgIpc) is 2.45. The number of rotatable bonds is 8. The minimum absolute atomic E-state index is 0.0202. The van der Waals surface area contributed by atoms with E-state index in [0.717, 1.165) is 24.9 Å². The number of pyridine rings is 1. The monoisotopic (exact) mass is 299 g/mol. The fraction of sp³-hybridized carbons (Fsp3) is 0.643. The maximum Gasteiger partial charge on any atom is 0.260 e. The van der Waals surface area contributed by atoms with Gasteiger partial charge in [0.2, 0.25) is 0 Å². The van der Waals surface area contributed by atoms with Crippen molar-refractivity contribution in [2.45, 2.75) is 51.2 Å². The van der Waals surface area contributed by atoms with Gasteiger partial charge < -0.3 is 5.32 Å². The normalized spacial score (nSPS) is 13.7. The fourth-order valence-corrected chi connectivity index (χ4v) is 3.22. The number of hydrogen-bond acceptors (Lipinski definition) is 4. The highest BCUT2D eigenvalue weighted by atomic mass is 32.2. The third-order valence-electron chi connectivity index (χ3n) is 3.35. The first-order valence-electron chi connectivity index (χ1n) is 7.07. The summed E-state index contributed by atoms with van der Waals surface area (Å²) in [6.45, 7) is 7.56. The smallest absolute Gasteiger partial charge is 0.260 e. The molecule has 0 amide bonds. The van der Waals surface area contributed by atoms with E-state index in [1.807, 2.05) is 20.8 Å². The molecule has 0 radical (unpaired) electrons. The summed E-state index contributed by atoms with van der Waals surface area (Å²) >= 11 is 0. The Balaban J connectivity index is 2.87. The Hall–Kier alpha value is -0.980. The van der Waals surface area contributed by atoms with Crippen LogP contribution in [-0.4, -0.2) is 37.3 Å². The van der Waals surface area contributed by atoms with Crippen molar-refractivity contribution in [1.29, 1.82) is 0 Å². The maximum absolute atomic E-state index is 12.4. The highest BCUT2D eigenvalue weighted by Gasteiger charge is 2.25. The van der Waals surface area contributed by atoms with Crippen LogP contribution in [0.1, 0.15) is 39.2 Å². The molecule has 0 aliphatic carbocycles. The van der Waals surface area contributed by atoms with Gasteiger partial charge in [-0.15, -0.1) is 0 Å². The number of aromatic nitrogens is 1. The molecule has 1 atom stereocenters. The van der Waals surface area contributed by atoms with Gasteiger partial charge in [0.15, 0.2) is 5.03 Å². The molecule has 0 aliphatic rings. The fourth-order valence-electron chi connectivity index (χ4n) is 1.92. The van der Waals surface area contributed by atoms with Crippen LogP contribution in [0.15, 0.2) is 23.4 Å². The van der Waals surface area contributed by atoms with Crippen LogP contribution >= 0.6 is 0 Å². The van der Waals surface area contributed by atoms with Gasteiger partial charge in [0.1, 0.15) is 0 Å². The highest BCUT2D eigenvalue weighted by molar-refractivity contribution is 7.89. The summed E-state index contributed by atoms with van der Waals surface area (Å²) in [4.78, 5) is 4.10. The minimum Gasteiger partial charge on any atom is -0.313 e. The average molecular weight is 299 g/mol. The van der Waals surface area contributed by atoms with Crippen molar-refractivity contribution in [3.8, 4) is 0 Å². The molecule has 114 valence electrons. The van der Waals surface area contributed by atoms with Crippen molar-refractivity contribution < 1.29 is 8.42 Å². The van der Waals surface area contributed by atoms with Gasteiger partial charge in [0.05, 0.1) is 0 Å². The predicted molar refractivity (Wildman–Crippen MR) is 80.9 cm³/mol. The Morgan fingerprint density at radius 3 is 2.55 bits per heavy atom. The molecule has 1 aromatic heterocycles. The minimum atomic E-state index is -3.50. The first kappa shape index (κ1) is 17.1. The second kappa shape index (κ2) is 7.71. The van der Waals surface area contributed by atoms with E-state index in [2.05, 4.69) is 10.3 Å². The molecule has 0 spiro atoms. The Bertz CT molecular complexity index is 500. The summed E-state index contributed by atoms with van der Waals surface area (Å²) in [7, 11) is -1.88. The van der Waals surface area contributed by atoms with Gasteiger partial charge in [-0.2, -0.15) is 4.31 Å². The van der Waals surface area contributed by atoms with Crippen LogP contribution in [-0.2, 0) is 16.6 Å². The van der Waals surface area contributed by atoms with Crippen LogP contribution in [0.2, 0.25) is 0 Å². The van der Waals surface area contributed by atoms with E-state index in [4.69, 9.17) is 0 Å². The van der Waals surface area contributed by atoms with Gasteiger partial charge in [0.25, 0.3) is 10.0 Å². The van der Waals surface area contributed by atoms with Crippen molar-refractivity contribution >= 4 is 10.0 Å². The molecule has 0 saturated carbocycles. The van der Waals surface area contributed by atoms with Crippen LogP contribution in [0, 0.1) is 0 Å². The van der Waals surface area contributed by atoms with E-state index in [1.165, 1.54) is 4.31 Å². The number of hydrogen-bond donors (Lipinski definition) is 1. The predicted octanol–water partition coefficient (Wildman–Crippen LogP) is 2.00. The first-order chi connectivity index (χ1) is 9.43. The zero-order chi connectivity index (χ0) is 15.2. The molecule has 0 aliphatic heterocycles. The van der Waals surface area contributed by atoms with Gasteiger partial charge in [-0.1, -0.05) is 26.3 Å². The molecule has 0 aromatic carbocycles. The molecule has 1 N–H and O–H groups in total. The van der Waals surface area contributed by atoms with Crippen LogP contribution in [0.3, 0.4) is 0 Å². The number of sulfonamides is 1. The van der Waals surface area contributed by atoms with Crippen molar-refractivity contribution in [2.24, 2.45) is 0 Å². The van der Waals surface area contributed by atoms with Crippen LogP contribution < -0.4 is 5.32 Å². The second-order valence-corrected chi connectivity index (χ2v) is 6.89. The summed E-state index contributed by atoms with van der Waals surface area (Å²) in [5.74, 6) is 0. The van der Waals surface area contributed by atoms with Crippen molar-refractivity contribution in [1.82, 2.24) is 14.6 Å². The van der Waals surface area contributed by atoms with Gasteiger partial charge in [-0.3, -0.25) is 0 Å².